The summed E-state index contributed by atoms with van der Waals surface area (Å²) in [6, 6.07) is 19.1. The van der Waals surface area contributed by atoms with Crippen LogP contribution < -0.4 is 18.9 Å². The highest BCUT2D eigenvalue weighted by molar-refractivity contribution is 5.50. The van der Waals surface area contributed by atoms with Crippen LogP contribution in [-0.2, 0) is 0 Å². The van der Waals surface area contributed by atoms with E-state index < -0.39 is 0 Å². The Bertz CT molecular complexity index is 860. The quantitative estimate of drug-likeness (QED) is 0.686. The van der Waals surface area contributed by atoms with E-state index in [1.165, 1.54) is 12.1 Å². The Morgan fingerprint density at radius 3 is 1.68 bits per heavy atom. The van der Waals surface area contributed by atoms with Crippen molar-refractivity contribution in [1.29, 1.82) is 0 Å². The standard InChI is InChI=1S/C20H18O5/c1-22-15-5-3-7-17(12-15)24-19-10-9-14(21)11-20(19)25-18-8-4-6-16(13-18)23-2/h3-13,21H,1-2H3. The van der Waals surface area contributed by atoms with Gasteiger partial charge in [-0.15, -0.1) is 0 Å². The van der Waals surface area contributed by atoms with Gasteiger partial charge in [0.25, 0.3) is 0 Å². The number of hydrogen-bond donors (Lipinski definition) is 1. The largest absolute Gasteiger partial charge is 0.508 e. The van der Waals surface area contributed by atoms with Gasteiger partial charge in [-0.1, -0.05) is 12.1 Å². The Hall–Kier alpha value is -3.34. The molecule has 0 aromatic heterocycles. The zero-order valence-corrected chi connectivity index (χ0v) is 13.9. The molecule has 0 aliphatic rings. The number of ether oxygens (including phenoxy) is 4. The van der Waals surface area contributed by atoms with Gasteiger partial charge in [0.05, 0.1) is 14.2 Å². The molecule has 0 amide bonds. The molecule has 3 aromatic carbocycles. The van der Waals surface area contributed by atoms with Crippen molar-refractivity contribution < 1.29 is 24.1 Å². The van der Waals surface area contributed by atoms with E-state index in [4.69, 9.17) is 18.9 Å². The molecule has 0 aliphatic carbocycles. The highest BCUT2D eigenvalue weighted by Gasteiger charge is 2.10. The molecule has 128 valence electrons. The lowest BCUT2D eigenvalue weighted by Crippen LogP contribution is -1.92. The lowest BCUT2D eigenvalue weighted by molar-refractivity contribution is 0.393. The summed E-state index contributed by atoms with van der Waals surface area (Å²) >= 11 is 0. The van der Waals surface area contributed by atoms with Crippen LogP contribution in [0.1, 0.15) is 0 Å². The number of benzene rings is 3. The molecular formula is C20H18O5. The van der Waals surface area contributed by atoms with E-state index in [1.54, 1.807) is 38.5 Å². The van der Waals surface area contributed by atoms with Gasteiger partial charge < -0.3 is 24.1 Å². The SMILES string of the molecule is COc1cccc(Oc2ccc(O)cc2Oc2cccc(OC)c2)c1. The average Bonchev–Trinajstić information content (AvgIpc) is 2.64. The van der Waals surface area contributed by atoms with Gasteiger partial charge in [-0.3, -0.25) is 0 Å². The summed E-state index contributed by atoms with van der Waals surface area (Å²) in [6.07, 6.45) is 0. The predicted octanol–water partition coefficient (Wildman–Crippen LogP) is 4.99. The van der Waals surface area contributed by atoms with Gasteiger partial charge in [0.1, 0.15) is 28.7 Å². The minimum Gasteiger partial charge on any atom is -0.508 e. The van der Waals surface area contributed by atoms with E-state index in [2.05, 4.69) is 0 Å². The summed E-state index contributed by atoms with van der Waals surface area (Å²) in [5, 5.41) is 9.78. The van der Waals surface area contributed by atoms with E-state index in [1.807, 2.05) is 30.3 Å². The van der Waals surface area contributed by atoms with Crippen molar-refractivity contribution in [1.82, 2.24) is 0 Å². The second-order valence-electron chi connectivity index (χ2n) is 5.19. The fourth-order valence-corrected chi connectivity index (χ4v) is 2.24. The Balaban J connectivity index is 1.89. The number of rotatable bonds is 6. The highest BCUT2D eigenvalue weighted by Crippen LogP contribution is 2.38. The lowest BCUT2D eigenvalue weighted by Gasteiger charge is -2.13. The first-order chi connectivity index (χ1) is 12.2. The number of phenols is 1. The van der Waals surface area contributed by atoms with Crippen LogP contribution in [0.4, 0.5) is 0 Å². The van der Waals surface area contributed by atoms with Crippen molar-refractivity contribution in [3.8, 4) is 40.2 Å². The molecule has 3 aromatic rings. The van der Waals surface area contributed by atoms with Crippen LogP contribution in [0.25, 0.3) is 0 Å². The molecule has 0 saturated heterocycles. The Morgan fingerprint density at radius 2 is 1.12 bits per heavy atom. The van der Waals surface area contributed by atoms with Crippen molar-refractivity contribution in [3.05, 3.63) is 66.7 Å². The fourth-order valence-electron chi connectivity index (χ4n) is 2.24. The molecule has 0 radical (unpaired) electrons. The third kappa shape index (κ3) is 4.14. The van der Waals surface area contributed by atoms with Crippen LogP contribution in [0, 0.1) is 0 Å². The third-order valence-electron chi connectivity index (χ3n) is 3.47. The maximum absolute atomic E-state index is 9.78. The summed E-state index contributed by atoms with van der Waals surface area (Å²) in [7, 11) is 3.18. The van der Waals surface area contributed by atoms with Crippen LogP contribution in [-0.4, -0.2) is 19.3 Å². The number of hydrogen-bond acceptors (Lipinski definition) is 5. The van der Waals surface area contributed by atoms with Gasteiger partial charge >= 0.3 is 0 Å². The predicted molar refractivity (Wildman–Crippen MR) is 94.2 cm³/mol. The second kappa shape index (κ2) is 7.49. The van der Waals surface area contributed by atoms with Gasteiger partial charge in [-0.25, -0.2) is 0 Å². The van der Waals surface area contributed by atoms with Gasteiger partial charge in [-0.05, 0) is 36.4 Å². The van der Waals surface area contributed by atoms with Crippen molar-refractivity contribution in [2.24, 2.45) is 0 Å². The first kappa shape index (κ1) is 16.5. The first-order valence-electron chi connectivity index (χ1n) is 7.65. The van der Waals surface area contributed by atoms with E-state index in [0.717, 1.165) is 0 Å². The lowest BCUT2D eigenvalue weighted by atomic mass is 10.2. The highest BCUT2D eigenvalue weighted by atomic mass is 16.5. The summed E-state index contributed by atoms with van der Waals surface area (Å²) in [4.78, 5) is 0. The molecule has 0 bridgehead atoms. The smallest absolute Gasteiger partial charge is 0.173 e. The van der Waals surface area contributed by atoms with Crippen molar-refractivity contribution in [2.75, 3.05) is 14.2 Å². The zero-order chi connectivity index (χ0) is 17.6. The molecule has 3 rings (SSSR count). The molecule has 0 unspecified atom stereocenters. The van der Waals surface area contributed by atoms with E-state index >= 15 is 0 Å². The van der Waals surface area contributed by atoms with Crippen LogP contribution in [0.15, 0.2) is 66.7 Å². The van der Waals surface area contributed by atoms with Gasteiger partial charge in [0, 0.05) is 18.2 Å². The van der Waals surface area contributed by atoms with E-state index in [-0.39, 0.29) is 5.75 Å². The number of methoxy groups -OCH3 is 2. The number of aromatic hydroxyl groups is 1. The molecule has 0 atom stereocenters. The van der Waals surface area contributed by atoms with Gasteiger partial charge in [-0.2, -0.15) is 0 Å². The summed E-state index contributed by atoms with van der Waals surface area (Å²) in [6.45, 7) is 0. The molecule has 0 heterocycles. The third-order valence-corrected chi connectivity index (χ3v) is 3.47. The van der Waals surface area contributed by atoms with E-state index in [9.17, 15) is 5.11 Å². The zero-order valence-electron chi connectivity index (χ0n) is 13.9. The Morgan fingerprint density at radius 1 is 0.600 bits per heavy atom. The first-order valence-corrected chi connectivity index (χ1v) is 7.65. The maximum Gasteiger partial charge on any atom is 0.173 e. The Labute approximate surface area is 146 Å². The number of phenolic OH excluding ortho intramolecular Hbond substituents is 1. The topological polar surface area (TPSA) is 57.2 Å². The maximum atomic E-state index is 9.78. The summed E-state index contributed by atoms with van der Waals surface area (Å²) in [5.74, 6) is 3.46. The van der Waals surface area contributed by atoms with Crippen LogP contribution in [0.5, 0.6) is 40.2 Å². The monoisotopic (exact) mass is 338 g/mol. The van der Waals surface area contributed by atoms with Gasteiger partial charge in [0.2, 0.25) is 0 Å². The summed E-state index contributed by atoms with van der Waals surface area (Å²) in [5.41, 5.74) is 0. The second-order valence-corrected chi connectivity index (χ2v) is 5.19. The minimum atomic E-state index is 0.0795. The molecule has 0 aliphatic heterocycles. The normalized spacial score (nSPS) is 10.2. The van der Waals surface area contributed by atoms with E-state index in [0.29, 0.717) is 34.5 Å². The molecule has 5 nitrogen and oxygen atoms in total. The summed E-state index contributed by atoms with van der Waals surface area (Å²) < 4.78 is 22.1. The van der Waals surface area contributed by atoms with Crippen molar-refractivity contribution in [3.63, 3.8) is 0 Å². The molecule has 0 saturated carbocycles. The minimum absolute atomic E-state index is 0.0795. The van der Waals surface area contributed by atoms with Crippen molar-refractivity contribution >= 4 is 0 Å². The molecule has 0 fully saturated rings. The van der Waals surface area contributed by atoms with Crippen LogP contribution >= 0.6 is 0 Å². The average molecular weight is 338 g/mol. The van der Waals surface area contributed by atoms with Crippen LogP contribution in [0.3, 0.4) is 0 Å². The Kier molecular flexibility index (Phi) is 4.95. The molecule has 5 heteroatoms. The molecular weight excluding hydrogens is 320 g/mol. The molecule has 25 heavy (non-hydrogen) atoms. The van der Waals surface area contributed by atoms with Gasteiger partial charge in [0.15, 0.2) is 11.5 Å². The van der Waals surface area contributed by atoms with Crippen molar-refractivity contribution in [2.45, 2.75) is 0 Å². The fraction of sp³-hybridized carbons (Fsp3) is 0.100. The van der Waals surface area contributed by atoms with Crippen LogP contribution in [0.2, 0.25) is 0 Å². The molecule has 0 spiro atoms. The molecule has 1 N–H and O–H groups in total.